The third-order valence-electron chi connectivity index (χ3n) is 9.37. The smallest absolute Gasteiger partial charge is 0.309 e. The predicted octanol–water partition coefficient (Wildman–Crippen LogP) is 5.40. The molecule has 0 aromatic heterocycles. The predicted molar refractivity (Wildman–Crippen MR) is 146 cm³/mol. The Morgan fingerprint density at radius 3 is 2.49 bits per heavy atom. The molecule has 0 unspecified atom stereocenters. The van der Waals surface area contributed by atoms with Gasteiger partial charge in [0, 0.05) is 18.9 Å². The largest absolute Gasteiger partial charge is 0.458 e. The van der Waals surface area contributed by atoms with Gasteiger partial charge in [-0.25, -0.2) is 0 Å². The van der Waals surface area contributed by atoms with Gasteiger partial charge in [-0.05, 0) is 61.9 Å². The van der Waals surface area contributed by atoms with Crippen LogP contribution >= 0.6 is 0 Å². The van der Waals surface area contributed by atoms with Crippen LogP contribution in [0, 0.1) is 28.6 Å². The number of hydrogen-bond donors (Lipinski definition) is 1. The summed E-state index contributed by atoms with van der Waals surface area (Å²) < 4.78 is 23.7. The molecular formula is C31H46O8. The van der Waals surface area contributed by atoms with Crippen LogP contribution in [0.3, 0.4) is 0 Å². The number of allylic oxidation sites excluding steroid dienone is 2. The Labute approximate surface area is 232 Å². The molecule has 2 fully saturated rings. The second-order valence-electron chi connectivity index (χ2n) is 11.8. The maximum atomic E-state index is 12.9. The maximum absolute atomic E-state index is 12.9. The van der Waals surface area contributed by atoms with Crippen molar-refractivity contribution in [2.75, 3.05) is 0 Å². The molecule has 1 spiro atoms. The first-order valence-electron chi connectivity index (χ1n) is 14.3. The Hall–Kier alpha value is -2.45. The number of ether oxygens (including phenoxy) is 4. The number of aliphatic hydroxyl groups excluding tert-OH is 1. The highest BCUT2D eigenvalue weighted by Gasteiger charge is 2.71. The van der Waals surface area contributed by atoms with Crippen LogP contribution in [-0.4, -0.2) is 47.8 Å². The zero-order chi connectivity index (χ0) is 29.1. The average molecular weight is 547 g/mol. The molecule has 3 aliphatic rings. The highest BCUT2D eigenvalue weighted by atomic mass is 16.8. The number of rotatable bonds is 11. The van der Waals surface area contributed by atoms with Gasteiger partial charge in [0.15, 0.2) is 0 Å². The minimum absolute atomic E-state index is 0.0747. The molecule has 8 heteroatoms. The Bertz CT molecular complexity index is 1000. The first-order valence-corrected chi connectivity index (χ1v) is 14.3. The number of carbonyl (C=O) groups excluding carboxylic acids is 3. The Morgan fingerprint density at radius 2 is 1.90 bits per heavy atom. The Morgan fingerprint density at radius 1 is 1.21 bits per heavy atom. The van der Waals surface area contributed by atoms with Crippen LogP contribution in [0.1, 0.15) is 86.5 Å². The normalized spacial score (nSPS) is 36.0. The lowest BCUT2D eigenvalue weighted by Gasteiger charge is -2.60. The van der Waals surface area contributed by atoms with Crippen LogP contribution in [0.25, 0.3) is 0 Å². The summed E-state index contributed by atoms with van der Waals surface area (Å²) in [6, 6.07) is 0. The fourth-order valence-corrected chi connectivity index (χ4v) is 6.68. The van der Waals surface area contributed by atoms with E-state index >= 15 is 0 Å². The van der Waals surface area contributed by atoms with Gasteiger partial charge in [-0.1, -0.05) is 59.4 Å². The van der Waals surface area contributed by atoms with Crippen molar-refractivity contribution >= 4 is 17.9 Å². The first kappa shape index (κ1) is 31.1. The van der Waals surface area contributed by atoms with Gasteiger partial charge in [0.05, 0.1) is 17.4 Å². The zero-order valence-electron chi connectivity index (χ0n) is 24.4. The van der Waals surface area contributed by atoms with E-state index in [1.54, 1.807) is 12.2 Å². The summed E-state index contributed by atoms with van der Waals surface area (Å²) >= 11 is 0. The monoisotopic (exact) mass is 546 g/mol. The van der Waals surface area contributed by atoms with Gasteiger partial charge in [0.1, 0.15) is 6.10 Å². The molecule has 0 aromatic rings. The lowest BCUT2D eigenvalue weighted by Crippen LogP contribution is -2.63. The van der Waals surface area contributed by atoms with Gasteiger partial charge < -0.3 is 19.3 Å². The summed E-state index contributed by atoms with van der Waals surface area (Å²) in [6.07, 6.45) is 3.28. The summed E-state index contributed by atoms with van der Waals surface area (Å²) in [5.41, 5.74) is -0.153. The topological polar surface area (TPSA) is 108 Å². The van der Waals surface area contributed by atoms with E-state index in [9.17, 15) is 19.5 Å². The lowest BCUT2D eigenvalue weighted by molar-refractivity contribution is -0.255. The molecule has 9 atom stereocenters. The molecule has 1 aliphatic heterocycles. The quantitative estimate of drug-likeness (QED) is 0.159. The van der Waals surface area contributed by atoms with Gasteiger partial charge in [-0.15, -0.1) is 0 Å². The third-order valence-corrected chi connectivity index (χ3v) is 9.37. The molecule has 218 valence electrons. The average Bonchev–Trinajstić information content (AvgIpc) is 3.17. The third kappa shape index (κ3) is 5.87. The summed E-state index contributed by atoms with van der Waals surface area (Å²) in [6.45, 7) is 19.1. The van der Waals surface area contributed by atoms with E-state index in [-0.39, 0.29) is 30.1 Å². The van der Waals surface area contributed by atoms with Gasteiger partial charge in [0.2, 0.25) is 12.6 Å². The Kier molecular flexibility index (Phi) is 9.87. The van der Waals surface area contributed by atoms with Crippen LogP contribution in [-0.2, 0) is 33.3 Å². The van der Waals surface area contributed by atoms with Crippen LogP contribution in [0.5, 0.6) is 0 Å². The van der Waals surface area contributed by atoms with Gasteiger partial charge in [-0.2, -0.15) is 0 Å². The van der Waals surface area contributed by atoms with Crippen molar-refractivity contribution in [3.63, 3.8) is 0 Å². The number of carbonyl (C=O) groups is 3. The molecule has 1 saturated carbocycles. The lowest BCUT2D eigenvalue weighted by atomic mass is 9.45. The molecule has 1 saturated heterocycles. The van der Waals surface area contributed by atoms with E-state index in [0.29, 0.717) is 37.7 Å². The molecule has 39 heavy (non-hydrogen) atoms. The maximum Gasteiger partial charge on any atom is 0.309 e. The second kappa shape index (κ2) is 12.4. The van der Waals surface area contributed by atoms with E-state index in [0.717, 1.165) is 12.0 Å². The van der Waals surface area contributed by atoms with Crippen molar-refractivity contribution < 1.29 is 38.4 Å². The summed E-state index contributed by atoms with van der Waals surface area (Å²) in [7, 11) is 0. The summed E-state index contributed by atoms with van der Waals surface area (Å²) in [5, 5.41) is 11.8. The number of hydrogen-bond acceptors (Lipinski definition) is 8. The van der Waals surface area contributed by atoms with Crippen LogP contribution in [0.2, 0.25) is 0 Å². The van der Waals surface area contributed by atoms with Crippen LogP contribution in [0.15, 0.2) is 36.5 Å². The minimum atomic E-state index is -1.17. The summed E-state index contributed by atoms with van der Waals surface area (Å²) in [5.74, 6) is -1.86. The molecule has 2 aliphatic carbocycles. The van der Waals surface area contributed by atoms with Crippen molar-refractivity contribution in [1.82, 2.24) is 0 Å². The number of aliphatic hydroxyl groups is 1. The zero-order valence-corrected chi connectivity index (χ0v) is 24.4. The standard InChI is InChI=1S/C31H46O8/c1-9-12-26(34)38-28-23-16-22(37-27(35)19(5)11-3)17-24-30(8,14-13-18(4)10-2)20(6)15-25(33)31(23,24)29(39-28)36-21(7)32/h10,16,19-20,22,24-25,28-29,33H,2,4,9,11-15,17H2,1,3,5-8H3/t19-,20-,22-,24+,25+,28+,29-,30-,31-/m0/s1. The van der Waals surface area contributed by atoms with Crippen molar-refractivity contribution in [2.24, 2.45) is 28.6 Å². The summed E-state index contributed by atoms with van der Waals surface area (Å²) in [4.78, 5) is 37.8. The van der Waals surface area contributed by atoms with Gasteiger partial charge in [0.25, 0.3) is 0 Å². The van der Waals surface area contributed by atoms with Gasteiger partial charge in [-0.3, -0.25) is 19.1 Å². The fourth-order valence-electron chi connectivity index (χ4n) is 6.68. The van der Waals surface area contributed by atoms with Crippen molar-refractivity contribution in [3.05, 3.63) is 36.5 Å². The van der Waals surface area contributed by atoms with E-state index in [2.05, 4.69) is 27.0 Å². The van der Waals surface area contributed by atoms with Crippen molar-refractivity contribution in [1.29, 1.82) is 0 Å². The van der Waals surface area contributed by atoms with Crippen molar-refractivity contribution in [2.45, 2.75) is 111 Å². The highest BCUT2D eigenvalue weighted by Crippen LogP contribution is 2.67. The molecule has 0 bridgehead atoms. The molecule has 1 heterocycles. The molecule has 1 N–H and O–H groups in total. The minimum Gasteiger partial charge on any atom is -0.458 e. The van der Waals surface area contributed by atoms with Gasteiger partial charge >= 0.3 is 17.9 Å². The Balaban J connectivity index is 2.18. The highest BCUT2D eigenvalue weighted by molar-refractivity contribution is 5.72. The van der Waals surface area contributed by atoms with Crippen molar-refractivity contribution in [3.8, 4) is 0 Å². The van der Waals surface area contributed by atoms with E-state index < -0.39 is 47.6 Å². The van der Waals surface area contributed by atoms with Crippen LogP contribution in [0.4, 0.5) is 0 Å². The molecule has 0 amide bonds. The number of esters is 3. The fraction of sp³-hybridized carbons (Fsp3) is 0.710. The van der Waals surface area contributed by atoms with E-state index in [1.165, 1.54) is 6.92 Å². The molecule has 3 rings (SSSR count). The first-order chi connectivity index (χ1) is 18.3. The van der Waals surface area contributed by atoms with E-state index in [1.807, 2.05) is 20.8 Å². The second-order valence-corrected chi connectivity index (χ2v) is 11.8. The molecule has 8 nitrogen and oxygen atoms in total. The molecule has 0 radical (unpaired) electrons. The SMILES string of the molecule is C=CC(=C)CC[C@]1(C)[C@H]2C[C@@H](OC(=O)[C@@H](C)CC)C=C3[C@H](OC(=O)CCC)O[C@H](OC(C)=O)[C@@]32[C@H](O)C[C@@H]1C. The molecular weight excluding hydrogens is 500 g/mol. The van der Waals surface area contributed by atoms with Crippen LogP contribution < -0.4 is 0 Å². The van der Waals surface area contributed by atoms with E-state index in [4.69, 9.17) is 18.9 Å². The molecule has 0 aromatic carbocycles.